The topological polar surface area (TPSA) is 66.8 Å². The maximum Gasteiger partial charge on any atom is 0.410 e. The van der Waals surface area contributed by atoms with E-state index in [-0.39, 0.29) is 12.1 Å². The molecule has 1 amide bonds. The number of amides is 1. The summed E-state index contributed by atoms with van der Waals surface area (Å²) in [6.45, 7) is 8.50. The highest BCUT2D eigenvalue weighted by molar-refractivity contribution is 5.87. The van der Waals surface area contributed by atoms with Gasteiger partial charge in [-0.3, -0.25) is 0 Å². The summed E-state index contributed by atoms with van der Waals surface area (Å²) in [6, 6.07) is 0. The second kappa shape index (κ2) is 4.82. The molecule has 0 aliphatic rings. The van der Waals surface area contributed by atoms with Crippen LogP contribution in [0.25, 0.3) is 0 Å². The molecule has 0 aromatic rings. The van der Waals surface area contributed by atoms with Crippen molar-refractivity contribution in [1.82, 2.24) is 4.90 Å². The molecule has 0 saturated carbocycles. The maximum absolute atomic E-state index is 11.4. The third-order valence-corrected chi connectivity index (χ3v) is 1.44. The number of carbonyl (C=O) groups is 2. The van der Waals surface area contributed by atoms with E-state index in [2.05, 4.69) is 6.58 Å². The quantitative estimate of drug-likeness (QED) is 0.724. The summed E-state index contributed by atoms with van der Waals surface area (Å²) in [6.07, 6.45) is -0.565. The number of carbonyl (C=O) groups excluding carboxylic acids is 1. The van der Waals surface area contributed by atoms with Crippen molar-refractivity contribution in [1.29, 1.82) is 0 Å². The number of hydrogen-bond donors (Lipinski definition) is 1. The van der Waals surface area contributed by atoms with Crippen LogP contribution in [-0.4, -0.2) is 41.3 Å². The fraction of sp³-hybridized carbons (Fsp3) is 0.600. The summed E-state index contributed by atoms with van der Waals surface area (Å²) >= 11 is 0. The fourth-order valence-electron chi connectivity index (χ4n) is 0.758. The number of aliphatic carboxylic acids is 1. The zero-order chi connectivity index (χ0) is 12.2. The molecule has 0 bridgehead atoms. The van der Waals surface area contributed by atoms with Crippen LogP contribution >= 0.6 is 0 Å². The lowest BCUT2D eigenvalue weighted by Crippen LogP contribution is -2.35. The molecule has 0 saturated heterocycles. The third kappa shape index (κ3) is 5.72. The largest absolute Gasteiger partial charge is 0.478 e. The summed E-state index contributed by atoms with van der Waals surface area (Å²) in [5.74, 6) is -1.12. The normalized spacial score (nSPS) is 10.7. The standard InChI is InChI=1S/C10H17NO4/c1-7(8(12)13)6-11(5)9(14)15-10(2,3)4/h1,6H2,2-5H3,(H,12,13). The van der Waals surface area contributed by atoms with E-state index in [1.54, 1.807) is 20.8 Å². The first-order valence-electron chi connectivity index (χ1n) is 4.48. The predicted molar refractivity (Wildman–Crippen MR) is 55.6 cm³/mol. The van der Waals surface area contributed by atoms with Gasteiger partial charge in [-0.2, -0.15) is 0 Å². The molecular weight excluding hydrogens is 198 g/mol. The minimum absolute atomic E-state index is 0.0513. The van der Waals surface area contributed by atoms with Gasteiger partial charge in [-0.1, -0.05) is 6.58 Å². The lowest BCUT2D eigenvalue weighted by atomic mass is 10.2. The maximum atomic E-state index is 11.4. The van der Waals surface area contributed by atoms with Crippen LogP contribution in [0, 0.1) is 0 Å². The van der Waals surface area contributed by atoms with Gasteiger partial charge >= 0.3 is 12.1 Å². The molecule has 5 heteroatoms. The fourth-order valence-corrected chi connectivity index (χ4v) is 0.758. The smallest absolute Gasteiger partial charge is 0.410 e. The molecule has 86 valence electrons. The van der Waals surface area contributed by atoms with E-state index in [0.29, 0.717) is 0 Å². The summed E-state index contributed by atoms with van der Waals surface area (Å²) in [4.78, 5) is 23.0. The van der Waals surface area contributed by atoms with E-state index >= 15 is 0 Å². The molecule has 0 aromatic carbocycles. The van der Waals surface area contributed by atoms with Crippen molar-refractivity contribution in [3.8, 4) is 0 Å². The average Bonchev–Trinajstić information content (AvgIpc) is 2.00. The molecule has 0 aliphatic carbocycles. The molecule has 5 nitrogen and oxygen atoms in total. The van der Waals surface area contributed by atoms with Crippen molar-refractivity contribution in [2.75, 3.05) is 13.6 Å². The number of rotatable bonds is 3. The predicted octanol–water partition coefficient (Wildman–Crippen LogP) is 1.49. The van der Waals surface area contributed by atoms with Crippen molar-refractivity contribution in [2.45, 2.75) is 26.4 Å². The Bertz CT molecular complexity index is 278. The van der Waals surface area contributed by atoms with Gasteiger partial charge in [-0.25, -0.2) is 9.59 Å². The highest BCUT2D eigenvalue weighted by atomic mass is 16.6. The van der Waals surface area contributed by atoms with E-state index in [1.807, 2.05) is 0 Å². The lowest BCUT2D eigenvalue weighted by molar-refractivity contribution is -0.132. The van der Waals surface area contributed by atoms with Gasteiger partial charge in [0.25, 0.3) is 0 Å². The molecule has 0 rings (SSSR count). The Balaban J connectivity index is 4.23. The second-order valence-corrected chi connectivity index (χ2v) is 4.25. The highest BCUT2D eigenvalue weighted by Gasteiger charge is 2.20. The summed E-state index contributed by atoms with van der Waals surface area (Å²) in [7, 11) is 1.46. The van der Waals surface area contributed by atoms with Gasteiger partial charge in [0.15, 0.2) is 0 Å². The minimum atomic E-state index is -1.12. The number of carboxylic acids is 1. The molecule has 0 radical (unpaired) electrons. The van der Waals surface area contributed by atoms with Gasteiger partial charge in [0.05, 0.1) is 6.54 Å². The number of likely N-dealkylation sites (N-methyl/N-ethyl adjacent to an activating group) is 1. The first-order valence-corrected chi connectivity index (χ1v) is 4.48. The van der Waals surface area contributed by atoms with Gasteiger partial charge in [0.2, 0.25) is 0 Å². The Kier molecular flexibility index (Phi) is 4.33. The first-order chi connectivity index (χ1) is 6.63. The zero-order valence-corrected chi connectivity index (χ0v) is 9.53. The van der Waals surface area contributed by atoms with E-state index in [1.165, 1.54) is 11.9 Å². The van der Waals surface area contributed by atoms with Gasteiger partial charge in [0, 0.05) is 12.6 Å². The van der Waals surface area contributed by atoms with Crippen molar-refractivity contribution in [3.05, 3.63) is 12.2 Å². The van der Waals surface area contributed by atoms with Crippen LogP contribution in [0.3, 0.4) is 0 Å². The Morgan fingerprint density at radius 1 is 1.40 bits per heavy atom. The Hall–Kier alpha value is -1.52. The molecule has 15 heavy (non-hydrogen) atoms. The van der Waals surface area contributed by atoms with E-state index in [0.717, 1.165) is 0 Å². The lowest BCUT2D eigenvalue weighted by Gasteiger charge is -2.24. The summed E-state index contributed by atoms with van der Waals surface area (Å²) in [5, 5.41) is 8.57. The van der Waals surface area contributed by atoms with Crippen LogP contribution in [0.4, 0.5) is 4.79 Å². The Labute approximate surface area is 89.3 Å². The number of hydrogen-bond acceptors (Lipinski definition) is 3. The zero-order valence-electron chi connectivity index (χ0n) is 9.53. The molecule has 0 heterocycles. The minimum Gasteiger partial charge on any atom is -0.478 e. The van der Waals surface area contributed by atoms with Crippen LogP contribution in [0.15, 0.2) is 12.2 Å². The molecule has 0 fully saturated rings. The van der Waals surface area contributed by atoms with Crippen molar-refractivity contribution in [2.24, 2.45) is 0 Å². The SMILES string of the molecule is C=C(CN(C)C(=O)OC(C)(C)C)C(=O)O. The molecule has 0 unspecified atom stereocenters. The van der Waals surface area contributed by atoms with E-state index < -0.39 is 17.7 Å². The monoisotopic (exact) mass is 215 g/mol. The van der Waals surface area contributed by atoms with Gasteiger partial charge < -0.3 is 14.7 Å². The van der Waals surface area contributed by atoms with Crippen LogP contribution in [0.1, 0.15) is 20.8 Å². The molecule has 0 aromatic heterocycles. The number of ether oxygens (including phenoxy) is 1. The van der Waals surface area contributed by atoms with Gasteiger partial charge in [-0.05, 0) is 20.8 Å². The van der Waals surface area contributed by atoms with Crippen LogP contribution < -0.4 is 0 Å². The third-order valence-electron chi connectivity index (χ3n) is 1.44. The van der Waals surface area contributed by atoms with Gasteiger partial charge in [0.1, 0.15) is 5.60 Å². The average molecular weight is 215 g/mol. The first kappa shape index (κ1) is 13.5. The Morgan fingerprint density at radius 3 is 2.20 bits per heavy atom. The van der Waals surface area contributed by atoms with Crippen molar-refractivity contribution in [3.63, 3.8) is 0 Å². The van der Waals surface area contributed by atoms with E-state index in [9.17, 15) is 9.59 Å². The Morgan fingerprint density at radius 2 is 1.87 bits per heavy atom. The van der Waals surface area contributed by atoms with Crippen LogP contribution in [0.5, 0.6) is 0 Å². The molecule has 0 aliphatic heterocycles. The molecular formula is C10H17NO4. The number of carboxylic acid groups (broad SMARTS) is 1. The summed E-state index contributed by atoms with van der Waals surface area (Å²) < 4.78 is 5.03. The van der Waals surface area contributed by atoms with Crippen molar-refractivity contribution < 1.29 is 19.4 Å². The number of nitrogens with zero attached hydrogens (tertiary/aromatic N) is 1. The molecule has 0 spiro atoms. The highest BCUT2D eigenvalue weighted by Crippen LogP contribution is 2.09. The van der Waals surface area contributed by atoms with Gasteiger partial charge in [-0.15, -0.1) is 0 Å². The summed E-state index contributed by atoms with van der Waals surface area (Å²) in [5.41, 5.74) is -0.640. The molecule has 0 atom stereocenters. The molecule has 1 N–H and O–H groups in total. The van der Waals surface area contributed by atoms with Crippen LogP contribution in [-0.2, 0) is 9.53 Å². The second-order valence-electron chi connectivity index (χ2n) is 4.25. The van der Waals surface area contributed by atoms with Crippen molar-refractivity contribution >= 4 is 12.1 Å². The van der Waals surface area contributed by atoms with E-state index in [4.69, 9.17) is 9.84 Å². The van der Waals surface area contributed by atoms with Crippen LogP contribution in [0.2, 0.25) is 0 Å².